The summed E-state index contributed by atoms with van der Waals surface area (Å²) in [6.45, 7) is 1.21. The Morgan fingerprint density at radius 3 is 2.65 bits per heavy atom. The van der Waals surface area contributed by atoms with Gasteiger partial charge in [0, 0.05) is 23.7 Å². The van der Waals surface area contributed by atoms with Crippen molar-refractivity contribution >= 4 is 28.2 Å². The van der Waals surface area contributed by atoms with Crippen LogP contribution >= 0.6 is 11.6 Å². The minimum atomic E-state index is 0.486. The number of alkyl halides is 1. The average Bonchev–Trinajstić information content (AvgIpc) is 3.37. The van der Waals surface area contributed by atoms with Gasteiger partial charge in [-0.2, -0.15) is 0 Å². The molecule has 2 saturated carbocycles. The van der Waals surface area contributed by atoms with Gasteiger partial charge in [0.15, 0.2) is 0 Å². The van der Waals surface area contributed by atoms with Crippen molar-refractivity contribution < 1.29 is 0 Å². The topological polar surface area (TPSA) is 16.1 Å². The quantitative estimate of drug-likeness (QED) is 0.760. The number of fused-ring (bicyclic) bond motifs is 1. The monoisotopic (exact) mass is 286 g/mol. The second-order valence-electron chi connectivity index (χ2n) is 6.11. The second-order valence-corrected chi connectivity index (χ2v) is 6.38. The number of hydrogen-bond acceptors (Lipinski definition) is 2. The third-order valence-corrected chi connectivity index (χ3v) is 4.61. The molecule has 0 N–H and O–H groups in total. The van der Waals surface area contributed by atoms with Crippen LogP contribution in [-0.4, -0.2) is 17.6 Å². The summed E-state index contributed by atoms with van der Waals surface area (Å²) in [4.78, 5) is 7.28. The van der Waals surface area contributed by atoms with E-state index in [2.05, 4.69) is 40.2 Å². The van der Waals surface area contributed by atoms with Crippen LogP contribution in [-0.2, 0) is 5.88 Å². The highest BCUT2D eigenvalue weighted by Gasteiger charge is 2.34. The van der Waals surface area contributed by atoms with Crippen molar-refractivity contribution in [2.75, 3.05) is 11.4 Å². The Kier molecular flexibility index (Phi) is 3.07. The number of rotatable bonds is 5. The van der Waals surface area contributed by atoms with Crippen LogP contribution in [0.25, 0.3) is 10.9 Å². The van der Waals surface area contributed by atoms with E-state index < -0.39 is 0 Å². The zero-order valence-corrected chi connectivity index (χ0v) is 12.3. The molecule has 0 amide bonds. The van der Waals surface area contributed by atoms with Gasteiger partial charge in [-0.3, -0.25) is 4.98 Å². The van der Waals surface area contributed by atoms with Crippen LogP contribution in [0.1, 0.15) is 31.4 Å². The first-order chi connectivity index (χ1) is 9.85. The molecule has 0 saturated heterocycles. The summed E-state index contributed by atoms with van der Waals surface area (Å²) in [7, 11) is 0. The fraction of sp³-hybridized carbons (Fsp3) is 0.471. The van der Waals surface area contributed by atoms with Gasteiger partial charge in [-0.15, -0.1) is 11.6 Å². The summed E-state index contributed by atoms with van der Waals surface area (Å²) in [6.07, 6.45) is 5.46. The normalized spacial score (nSPS) is 18.4. The number of halogens is 1. The summed E-state index contributed by atoms with van der Waals surface area (Å²) in [5.41, 5.74) is 3.41. The highest BCUT2D eigenvalue weighted by atomic mass is 35.5. The SMILES string of the molecule is ClCc1cc(N(CC2CC2)C2CC2)c2ccccc2n1. The van der Waals surface area contributed by atoms with Gasteiger partial charge in [-0.05, 0) is 43.7 Å². The molecule has 20 heavy (non-hydrogen) atoms. The van der Waals surface area contributed by atoms with Crippen molar-refractivity contribution in [1.29, 1.82) is 0 Å². The maximum absolute atomic E-state index is 6.04. The first-order valence-electron chi connectivity index (χ1n) is 7.56. The molecule has 0 spiro atoms. The molecule has 1 heterocycles. The number of aromatic nitrogens is 1. The Bertz CT molecular complexity index is 632. The van der Waals surface area contributed by atoms with Gasteiger partial charge in [-0.1, -0.05) is 18.2 Å². The molecule has 1 aromatic carbocycles. The molecule has 0 atom stereocenters. The zero-order chi connectivity index (χ0) is 13.5. The molecule has 2 nitrogen and oxygen atoms in total. The van der Waals surface area contributed by atoms with E-state index in [0.717, 1.165) is 23.2 Å². The summed E-state index contributed by atoms with van der Waals surface area (Å²) < 4.78 is 0. The minimum Gasteiger partial charge on any atom is -0.368 e. The van der Waals surface area contributed by atoms with Crippen molar-refractivity contribution in [3.63, 3.8) is 0 Å². The summed E-state index contributed by atoms with van der Waals surface area (Å²) in [6, 6.07) is 11.4. The molecular formula is C17H19ClN2. The van der Waals surface area contributed by atoms with Crippen molar-refractivity contribution in [3.05, 3.63) is 36.0 Å². The molecule has 0 radical (unpaired) electrons. The van der Waals surface area contributed by atoms with Crippen LogP contribution in [0.15, 0.2) is 30.3 Å². The van der Waals surface area contributed by atoms with Gasteiger partial charge in [0.05, 0.1) is 17.1 Å². The third kappa shape index (κ3) is 2.37. The largest absolute Gasteiger partial charge is 0.368 e. The number of pyridine rings is 1. The lowest BCUT2D eigenvalue weighted by Gasteiger charge is -2.26. The Morgan fingerprint density at radius 2 is 1.95 bits per heavy atom. The Labute approximate surface area is 124 Å². The van der Waals surface area contributed by atoms with Crippen LogP contribution in [0.2, 0.25) is 0 Å². The van der Waals surface area contributed by atoms with E-state index in [4.69, 9.17) is 11.6 Å². The average molecular weight is 287 g/mol. The molecule has 4 rings (SSSR count). The van der Waals surface area contributed by atoms with Crippen LogP contribution < -0.4 is 4.90 Å². The van der Waals surface area contributed by atoms with Gasteiger partial charge in [0.2, 0.25) is 0 Å². The van der Waals surface area contributed by atoms with Crippen molar-refractivity contribution in [2.24, 2.45) is 5.92 Å². The molecule has 2 aromatic rings. The summed E-state index contributed by atoms with van der Waals surface area (Å²) in [5, 5.41) is 1.27. The van der Waals surface area contributed by atoms with E-state index >= 15 is 0 Å². The van der Waals surface area contributed by atoms with E-state index in [1.807, 2.05) is 0 Å². The molecule has 1 aromatic heterocycles. The number of hydrogen-bond donors (Lipinski definition) is 0. The van der Waals surface area contributed by atoms with Gasteiger partial charge in [0.1, 0.15) is 0 Å². The third-order valence-electron chi connectivity index (χ3n) is 4.33. The lowest BCUT2D eigenvalue weighted by atomic mass is 10.1. The fourth-order valence-electron chi connectivity index (χ4n) is 2.93. The Morgan fingerprint density at radius 1 is 1.15 bits per heavy atom. The van der Waals surface area contributed by atoms with Crippen molar-refractivity contribution in [1.82, 2.24) is 4.98 Å². The Balaban J connectivity index is 1.82. The van der Waals surface area contributed by atoms with Crippen molar-refractivity contribution in [3.8, 4) is 0 Å². The fourth-order valence-corrected chi connectivity index (χ4v) is 3.06. The first-order valence-corrected chi connectivity index (χ1v) is 8.10. The molecule has 104 valence electrons. The lowest BCUT2D eigenvalue weighted by Crippen LogP contribution is -2.28. The van der Waals surface area contributed by atoms with Gasteiger partial charge in [-0.25, -0.2) is 0 Å². The van der Waals surface area contributed by atoms with Crippen LogP contribution in [0.3, 0.4) is 0 Å². The standard InChI is InChI=1S/C17H19ClN2/c18-10-13-9-17(15-3-1-2-4-16(15)19-13)20(14-7-8-14)11-12-5-6-12/h1-4,9,12,14H,5-8,10-11H2. The maximum Gasteiger partial charge on any atom is 0.0726 e. The molecule has 3 heteroatoms. The van der Waals surface area contributed by atoms with Gasteiger partial charge < -0.3 is 4.90 Å². The van der Waals surface area contributed by atoms with Crippen LogP contribution in [0.4, 0.5) is 5.69 Å². The van der Waals surface area contributed by atoms with E-state index in [9.17, 15) is 0 Å². The lowest BCUT2D eigenvalue weighted by molar-refractivity contribution is 0.720. The van der Waals surface area contributed by atoms with Gasteiger partial charge in [0.25, 0.3) is 0 Å². The van der Waals surface area contributed by atoms with E-state index in [-0.39, 0.29) is 0 Å². The van der Waals surface area contributed by atoms with E-state index in [1.165, 1.54) is 43.3 Å². The molecule has 0 bridgehead atoms. The second kappa shape index (κ2) is 4.92. The summed E-state index contributed by atoms with van der Waals surface area (Å²) in [5.74, 6) is 1.39. The molecule has 0 aliphatic heterocycles. The highest BCUT2D eigenvalue weighted by Crippen LogP contribution is 2.40. The minimum absolute atomic E-state index is 0.486. The molecule has 2 aliphatic rings. The number of benzene rings is 1. The van der Waals surface area contributed by atoms with E-state index in [1.54, 1.807) is 0 Å². The summed E-state index contributed by atoms with van der Waals surface area (Å²) >= 11 is 6.04. The highest BCUT2D eigenvalue weighted by molar-refractivity contribution is 6.17. The van der Waals surface area contributed by atoms with Crippen molar-refractivity contribution in [2.45, 2.75) is 37.6 Å². The number of nitrogens with zero attached hydrogens (tertiary/aromatic N) is 2. The molecule has 2 aliphatic carbocycles. The predicted octanol–water partition coefficient (Wildman–Crippen LogP) is 4.35. The molecular weight excluding hydrogens is 268 g/mol. The smallest absolute Gasteiger partial charge is 0.0726 e. The molecule has 0 unspecified atom stereocenters. The molecule has 2 fully saturated rings. The van der Waals surface area contributed by atoms with Crippen LogP contribution in [0, 0.1) is 5.92 Å². The first kappa shape index (κ1) is 12.5. The zero-order valence-electron chi connectivity index (χ0n) is 11.6. The van der Waals surface area contributed by atoms with E-state index in [0.29, 0.717) is 5.88 Å². The predicted molar refractivity (Wildman–Crippen MR) is 84.4 cm³/mol. The number of para-hydroxylation sites is 1. The number of anilines is 1. The van der Waals surface area contributed by atoms with Crippen LogP contribution in [0.5, 0.6) is 0 Å². The Hall–Kier alpha value is -1.28. The maximum atomic E-state index is 6.04. The van der Waals surface area contributed by atoms with Gasteiger partial charge >= 0.3 is 0 Å².